The molecule has 1 N–H and O–H groups in total. The van der Waals surface area contributed by atoms with E-state index in [2.05, 4.69) is 21.9 Å². The van der Waals surface area contributed by atoms with Gasteiger partial charge < -0.3 is 5.32 Å². The van der Waals surface area contributed by atoms with Crippen molar-refractivity contribution in [1.29, 1.82) is 0 Å². The molecule has 0 aliphatic carbocycles. The van der Waals surface area contributed by atoms with Crippen LogP contribution in [-0.4, -0.2) is 28.0 Å². The van der Waals surface area contributed by atoms with Crippen molar-refractivity contribution >= 4 is 22.8 Å². The van der Waals surface area contributed by atoms with Crippen LogP contribution in [0.4, 0.5) is 0 Å². The smallest absolute Gasteiger partial charge is 0.0890 e. The van der Waals surface area contributed by atoms with Gasteiger partial charge in [-0.15, -0.1) is 6.58 Å². The SMILES string of the molecule is C=CCSCCNCc1cnc2ccccc2n1. The van der Waals surface area contributed by atoms with E-state index in [0.29, 0.717) is 0 Å². The molecule has 1 heterocycles. The van der Waals surface area contributed by atoms with Crippen LogP contribution in [-0.2, 0) is 6.54 Å². The Bertz CT molecular complexity index is 513. The standard InChI is InChI=1S/C14H17N3S/c1-2-8-18-9-7-15-10-12-11-16-13-5-3-4-6-14(13)17-12/h2-6,11,15H,1,7-10H2. The Kier molecular flexibility index (Phi) is 5.17. The maximum atomic E-state index is 4.56. The van der Waals surface area contributed by atoms with Crippen LogP contribution in [0, 0.1) is 0 Å². The molecule has 0 atom stereocenters. The summed E-state index contributed by atoms with van der Waals surface area (Å²) in [6.07, 6.45) is 3.77. The van der Waals surface area contributed by atoms with Gasteiger partial charge in [-0.25, -0.2) is 4.98 Å². The Morgan fingerprint density at radius 1 is 1.28 bits per heavy atom. The number of hydrogen-bond donors (Lipinski definition) is 1. The Morgan fingerprint density at radius 3 is 2.94 bits per heavy atom. The first-order valence-corrected chi connectivity index (χ1v) is 7.15. The summed E-state index contributed by atoms with van der Waals surface area (Å²) < 4.78 is 0. The van der Waals surface area contributed by atoms with E-state index in [1.165, 1.54) is 0 Å². The first kappa shape index (κ1) is 13.1. The van der Waals surface area contributed by atoms with Gasteiger partial charge in [0.05, 0.1) is 22.9 Å². The summed E-state index contributed by atoms with van der Waals surface area (Å²) in [5.74, 6) is 2.10. The summed E-state index contributed by atoms with van der Waals surface area (Å²) in [6.45, 7) is 5.45. The van der Waals surface area contributed by atoms with Crippen LogP contribution >= 0.6 is 11.8 Å². The predicted octanol–water partition coefficient (Wildman–Crippen LogP) is 2.64. The molecule has 0 spiro atoms. The van der Waals surface area contributed by atoms with Gasteiger partial charge >= 0.3 is 0 Å². The molecule has 2 aromatic rings. The largest absolute Gasteiger partial charge is 0.310 e. The zero-order valence-corrected chi connectivity index (χ0v) is 11.1. The van der Waals surface area contributed by atoms with Crippen molar-refractivity contribution in [2.45, 2.75) is 6.54 Å². The molecule has 2 rings (SSSR count). The summed E-state index contributed by atoms with van der Waals surface area (Å²) >= 11 is 1.87. The molecular formula is C14H17N3S. The van der Waals surface area contributed by atoms with Crippen LogP contribution in [0.5, 0.6) is 0 Å². The highest BCUT2D eigenvalue weighted by atomic mass is 32.2. The number of rotatable bonds is 7. The number of thioether (sulfide) groups is 1. The zero-order chi connectivity index (χ0) is 12.6. The first-order chi connectivity index (χ1) is 8.90. The van der Waals surface area contributed by atoms with E-state index in [1.807, 2.05) is 48.3 Å². The van der Waals surface area contributed by atoms with Crippen LogP contribution in [0.25, 0.3) is 11.0 Å². The lowest BCUT2D eigenvalue weighted by atomic mass is 10.3. The highest BCUT2D eigenvalue weighted by molar-refractivity contribution is 7.99. The molecule has 0 amide bonds. The molecule has 1 aromatic carbocycles. The van der Waals surface area contributed by atoms with E-state index in [1.54, 1.807) is 0 Å². The fourth-order valence-electron chi connectivity index (χ4n) is 1.61. The molecule has 1 aromatic heterocycles. The van der Waals surface area contributed by atoms with E-state index >= 15 is 0 Å². The third kappa shape index (κ3) is 3.82. The van der Waals surface area contributed by atoms with E-state index in [9.17, 15) is 0 Å². The molecular weight excluding hydrogens is 242 g/mol. The third-order valence-corrected chi connectivity index (χ3v) is 3.43. The molecule has 0 radical (unpaired) electrons. The Hall–Kier alpha value is -1.39. The fourth-order valence-corrected chi connectivity index (χ4v) is 2.23. The number of fused-ring (bicyclic) bond motifs is 1. The summed E-state index contributed by atoms with van der Waals surface area (Å²) in [5.41, 5.74) is 2.89. The highest BCUT2D eigenvalue weighted by Crippen LogP contribution is 2.08. The monoisotopic (exact) mass is 259 g/mol. The van der Waals surface area contributed by atoms with E-state index in [-0.39, 0.29) is 0 Å². The van der Waals surface area contributed by atoms with Gasteiger partial charge in [0.15, 0.2) is 0 Å². The molecule has 0 saturated carbocycles. The lowest BCUT2D eigenvalue weighted by molar-refractivity contribution is 0.715. The molecule has 0 fully saturated rings. The van der Waals surface area contributed by atoms with Crippen LogP contribution < -0.4 is 5.32 Å². The minimum absolute atomic E-state index is 0.770. The third-order valence-electron chi connectivity index (χ3n) is 2.46. The Balaban J connectivity index is 1.82. The molecule has 0 unspecified atom stereocenters. The molecule has 0 saturated heterocycles. The summed E-state index contributed by atoms with van der Waals surface area (Å²) in [7, 11) is 0. The molecule has 4 heteroatoms. The van der Waals surface area contributed by atoms with Gasteiger partial charge in [0.2, 0.25) is 0 Å². The van der Waals surface area contributed by atoms with Gasteiger partial charge in [0.1, 0.15) is 0 Å². The van der Waals surface area contributed by atoms with Crippen molar-refractivity contribution in [3.8, 4) is 0 Å². The lowest BCUT2D eigenvalue weighted by Gasteiger charge is -2.04. The topological polar surface area (TPSA) is 37.8 Å². The maximum Gasteiger partial charge on any atom is 0.0890 e. The second kappa shape index (κ2) is 7.13. The van der Waals surface area contributed by atoms with E-state index in [4.69, 9.17) is 0 Å². The molecule has 18 heavy (non-hydrogen) atoms. The van der Waals surface area contributed by atoms with Crippen molar-refractivity contribution in [3.05, 3.63) is 48.8 Å². The number of benzene rings is 1. The zero-order valence-electron chi connectivity index (χ0n) is 10.3. The molecule has 94 valence electrons. The normalized spacial score (nSPS) is 10.7. The molecule has 0 aliphatic heterocycles. The maximum absolute atomic E-state index is 4.56. The second-order valence-corrected chi connectivity index (χ2v) is 5.04. The second-order valence-electron chi connectivity index (χ2n) is 3.89. The minimum atomic E-state index is 0.770. The van der Waals surface area contributed by atoms with Gasteiger partial charge in [-0.1, -0.05) is 18.2 Å². The predicted molar refractivity (Wildman–Crippen MR) is 78.8 cm³/mol. The van der Waals surface area contributed by atoms with Crippen LogP contribution in [0.3, 0.4) is 0 Å². The molecule has 0 bridgehead atoms. The molecule has 0 aliphatic rings. The van der Waals surface area contributed by atoms with Crippen LogP contribution in [0.2, 0.25) is 0 Å². The average Bonchev–Trinajstić information content (AvgIpc) is 2.42. The fraction of sp³-hybridized carbons (Fsp3) is 0.286. The quantitative estimate of drug-likeness (QED) is 0.613. The number of nitrogens with zero attached hydrogens (tertiary/aromatic N) is 2. The molecule has 3 nitrogen and oxygen atoms in total. The van der Waals surface area contributed by atoms with E-state index in [0.717, 1.165) is 41.3 Å². The van der Waals surface area contributed by atoms with Crippen molar-refractivity contribution in [1.82, 2.24) is 15.3 Å². The van der Waals surface area contributed by atoms with Gasteiger partial charge in [-0.3, -0.25) is 4.98 Å². The van der Waals surface area contributed by atoms with Gasteiger partial charge in [-0.2, -0.15) is 11.8 Å². The van der Waals surface area contributed by atoms with Crippen molar-refractivity contribution in [2.24, 2.45) is 0 Å². The average molecular weight is 259 g/mol. The highest BCUT2D eigenvalue weighted by Gasteiger charge is 1.98. The lowest BCUT2D eigenvalue weighted by Crippen LogP contribution is -2.17. The summed E-state index contributed by atoms with van der Waals surface area (Å²) in [6, 6.07) is 7.93. The van der Waals surface area contributed by atoms with Crippen molar-refractivity contribution in [2.75, 3.05) is 18.1 Å². The van der Waals surface area contributed by atoms with Gasteiger partial charge in [0, 0.05) is 24.6 Å². The van der Waals surface area contributed by atoms with Crippen LogP contribution in [0.1, 0.15) is 5.69 Å². The van der Waals surface area contributed by atoms with Crippen molar-refractivity contribution in [3.63, 3.8) is 0 Å². The van der Waals surface area contributed by atoms with Gasteiger partial charge in [-0.05, 0) is 12.1 Å². The summed E-state index contributed by atoms with van der Waals surface area (Å²) in [5, 5.41) is 3.37. The van der Waals surface area contributed by atoms with Gasteiger partial charge in [0.25, 0.3) is 0 Å². The van der Waals surface area contributed by atoms with Crippen LogP contribution in [0.15, 0.2) is 43.1 Å². The number of hydrogen-bond acceptors (Lipinski definition) is 4. The minimum Gasteiger partial charge on any atom is -0.310 e. The number of para-hydroxylation sites is 2. The summed E-state index contributed by atoms with van der Waals surface area (Å²) in [4.78, 5) is 8.95. The Morgan fingerprint density at radius 2 is 2.11 bits per heavy atom. The van der Waals surface area contributed by atoms with Crippen molar-refractivity contribution < 1.29 is 0 Å². The number of aromatic nitrogens is 2. The Labute approximate surface area is 112 Å². The number of nitrogens with one attached hydrogen (secondary N) is 1. The van der Waals surface area contributed by atoms with E-state index < -0.39 is 0 Å². The first-order valence-electron chi connectivity index (χ1n) is 6.00.